The number of nitrogens with zero attached hydrogens (tertiary/aromatic N) is 3. The van der Waals surface area contributed by atoms with Crippen molar-refractivity contribution in [2.45, 2.75) is 4.34 Å². The third kappa shape index (κ3) is 4.52. The lowest BCUT2D eigenvalue weighted by Crippen LogP contribution is -2.13. The van der Waals surface area contributed by atoms with Crippen molar-refractivity contribution < 1.29 is 23.1 Å². The molecule has 25 heavy (non-hydrogen) atoms. The van der Waals surface area contributed by atoms with E-state index in [4.69, 9.17) is 10.00 Å². The van der Waals surface area contributed by atoms with Crippen molar-refractivity contribution in [3.8, 4) is 17.6 Å². The van der Waals surface area contributed by atoms with Gasteiger partial charge in [0.1, 0.15) is 11.6 Å². The number of nitrogens with one attached hydrogen (secondary N) is 1. The molecule has 9 nitrogen and oxygen atoms in total. The Morgan fingerprint density at radius 3 is 2.72 bits per heavy atom. The Morgan fingerprint density at radius 1 is 1.44 bits per heavy atom. The summed E-state index contributed by atoms with van der Waals surface area (Å²) in [7, 11) is -2.16. The standard InChI is InChI=1S/C14H12N4O5S2/c1-23-11-6-8(3-4-10(11)19)5-9(7-15)12(20)16-13-17-18-14(24-13)25(2,21)22/h3-6,19H,1-2H3,(H,16,17,20)/b9-5-. The van der Waals surface area contributed by atoms with Crippen molar-refractivity contribution in [2.24, 2.45) is 0 Å². The SMILES string of the molecule is COc1cc(/C=C(/C#N)C(=O)Nc2nnc(S(C)(=O)=O)s2)ccc1O. The molecular weight excluding hydrogens is 368 g/mol. The zero-order valence-electron chi connectivity index (χ0n) is 13.0. The van der Waals surface area contributed by atoms with Gasteiger partial charge in [0.25, 0.3) is 5.91 Å². The highest BCUT2D eigenvalue weighted by Gasteiger charge is 2.17. The third-order valence-corrected chi connectivity index (χ3v) is 5.33. The number of sulfone groups is 1. The van der Waals surface area contributed by atoms with E-state index in [1.807, 2.05) is 0 Å². The van der Waals surface area contributed by atoms with Gasteiger partial charge in [-0.1, -0.05) is 17.4 Å². The normalized spacial score (nSPS) is 11.6. The van der Waals surface area contributed by atoms with Crippen LogP contribution in [-0.2, 0) is 14.6 Å². The number of carbonyl (C=O) groups is 1. The molecule has 1 heterocycles. The summed E-state index contributed by atoms with van der Waals surface area (Å²) in [4.78, 5) is 12.1. The van der Waals surface area contributed by atoms with Crippen molar-refractivity contribution in [1.82, 2.24) is 10.2 Å². The highest BCUT2D eigenvalue weighted by atomic mass is 32.2. The molecule has 0 spiro atoms. The summed E-state index contributed by atoms with van der Waals surface area (Å²) in [5.74, 6) is -0.663. The van der Waals surface area contributed by atoms with Gasteiger partial charge in [-0.25, -0.2) is 8.42 Å². The fraction of sp³-hybridized carbons (Fsp3) is 0.143. The van der Waals surface area contributed by atoms with Crippen LogP contribution in [0, 0.1) is 11.3 Å². The molecule has 0 aliphatic rings. The van der Waals surface area contributed by atoms with E-state index in [-0.39, 0.29) is 26.5 Å². The molecule has 0 atom stereocenters. The smallest absolute Gasteiger partial charge is 0.268 e. The van der Waals surface area contributed by atoms with Crippen molar-refractivity contribution in [3.05, 3.63) is 29.3 Å². The predicted octanol–water partition coefficient (Wildman–Crippen LogP) is 1.20. The minimum Gasteiger partial charge on any atom is -0.504 e. The van der Waals surface area contributed by atoms with Crippen molar-refractivity contribution in [1.29, 1.82) is 5.26 Å². The number of carbonyl (C=O) groups excluding carboxylic acids is 1. The van der Waals surface area contributed by atoms with Crippen LogP contribution in [0.15, 0.2) is 28.1 Å². The summed E-state index contributed by atoms with van der Waals surface area (Å²) in [5.41, 5.74) is 0.208. The Bertz CT molecular complexity index is 989. The molecule has 0 fully saturated rings. The molecule has 2 aromatic rings. The van der Waals surface area contributed by atoms with Gasteiger partial charge in [-0.3, -0.25) is 10.1 Å². The molecule has 0 bridgehead atoms. The number of amides is 1. The number of methoxy groups -OCH3 is 1. The van der Waals surface area contributed by atoms with E-state index in [1.54, 1.807) is 6.07 Å². The van der Waals surface area contributed by atoms with Crippen LogP contribution >= 0.6 is 11.3 Å². The van der Waals surface area contributed by atoms with Gasteiger partial charge in [0.05, 0.1) is 7.11 Å². The van der Waals surface area contributed by atoms with Gasteiger partial charge in [0, 0.05) is 6.26 Å². The largest absolute Gasteiger partial charge is 0.504 e. The zero-order valence-corrected chi connectivity index (χ0v) is 14.7. The molecule has 0 aliphatic carbocycles. The summed E-state index contributed by atoms with van der Waals surface area (Å²) >= 11 is 0.679. The van der Waals surface area contributed by atoms with E-state index in [9.17, 15) is 18.3 Å². The number of aromatic nitrogens is 2. The average Bonchev–Trinajstić information content (AvgIpc) is 3.02. The third-order valence-electron chi connectivity index (χ3n) is 2.82. The number of anilines is 1. The van der Waals surface area contributed by atoms with E-state index >= 15 is 0 Å². The molecule has 0 saturated carbocycles. The Kier molecular flexibility index (Phi) is 5.35. The second-order valence-corrected chi connectivity index (χ2v) is 7.87. The first-order valence-electron chi connectivity index (χ1n) is 6.58. The second kappa shape index (κ2) is 7.29. The van der Waals surface area contributed by atoms with Gasteiger partial charge < -0.3 is 9.84 Å². The maximum absolute atomic E-state index is 12.1. The molecule has 2 rings (SSSR count). The van der Waals surface area contributed by atoms with Crippen LogP contribution in [0.4, 0.5) is 5.13 Å². The van der Waals surface area contributed by atoms with E-state index in [0.717, 1.165) is 6.26 Å². The molecule has 0 radical (unpaired) electrons. The fourth-order valence-corrected chi connectivity index (χ4v) is 3.18. The van der Waals surface area contributed by atoms with Gasteiger partial charge in [-0.05, 0) is 23.8 Å². The number of rotatable bonds is 5. The highest BCUT2D eigenvalue weighted by molar-refractivity contribution is 7.92. The monoisotopic (exact) mass is 380 g/mol. The summed E-state index contributed by atoms with van der Waals surface area (Å²) < 4.78 is 27.4. The van der Waals surface area contributed by atoms with Gasteiger partial charge in [0.2, 0.25) is 19.3 Å². The molecule has 1 aromatic heterocycles. The first kappa shape index (κ1) is 18.4. The highest BCUT2D eigenvalue weighted by Crippen LogP contribution is 2.27. The summed E-state index contributed by atoms with van der Waals surface area (Å²) in [6.07, 6.45) is 2.26. The molecule has 1 aromatic carbocycles. The molecule has 2 N–H and O–H groups in total. The van der Waals surface area contributed by atoms with Gasteiger partial charge in [-0.2, -0.15) is 5.26 Å². The van der Waals surface area contributed by atoms with Crippen molar-refractivity contribution >= 4 is 38.3 Å². The van der Waals surface area contributed by atoms with Crippen LogP contribution in [0.3, 0.4) is 0 Å². The van der Waals surface area contributed by atoms with Crippen LogP contribution in [0.5, 0.6) is 11.5 Å². The Balaban J connectivity index is 2.24. The number of ether oxygens (including phenoxy) is 1. The lowest BCUT2D eigenvalue weighted by atomic mass is 10.1. The topological polar surface area (TPSA) is 142 Å². The molecule has 0 aliphatic heterocycles. The minimum atomic E-state index is -3.53. The lowest BCUT2D eigenvalue weighted by Gasteiger charge is -2.04. The van der Waals surface area contributed by atoms with Gasteiger partial charge in [-0.15, -0.1) is 10.2 Å². The number of nitriles is 1. The van der Waals surface area contributed by atoms with Crippen LogP contribution in [0.25, 0.3) is 6.08 Å². The van der Waals surface area contributed by atoms with Crippen LogP contribution in [0.2, 0.25) is 0 Å². The molecular formula is C14H12N4O5S2. The number of phenolic OH excluding ortho intramolecular Hbond substituents is 1. The number of hydrogen-bond acceptors (Lipinski definition) is 9. The summed E-state index contributed by atoms with van der Waals surface area (Å²) in [5, 5.41) is 28.0. The van der Waals surface area contributed by atoms with E-state index in [1.165, 1.54) is 31.4 Å². The molecule has 0 unspecified atom stereocenters. The first-order valence-corrected chi connectivity index (χ1v) is 9.29. The summed E-state index contributed by atoms with van der Waals surface area (Å²) in [6, 6.07) is 6.05. The van der Waals surface area contributed by atoms with E-state index < -0.39 is 15.7 Å². The summed E-state index contributed by atoms with van der Waals surface area (Å²) in [6.45, 7) is 0. The number of aromatic hydroxyl groups is 1. The molecule has 1 amide bonds. The van der Waals surface area contributed by atoms with Gasteiger partial charge in [0.15, 0.2) is 11.5 Å². The molecule has 0 saturated heterocycles. The number of phenols is 1. The van der Waals surface area contributed by atoms with Crippen LogP contribution in [0.1, 0.15) is 5.56 Å². The van der Waals surface area contributed by atoms with Crippen LogP contribution in [-0.4, -0.2) is 43.0 Å². The Morgan fingerprint density at radius 2 is 2.16 bits per heavy atom. The Labute approximate surface area is 147 Å². The second-order valence-electron chi connectivity index (χ2n) is 4.70. The van der Waals surface area contributed by atoms with E-state index in [0.29, 0.717) is 16.9 Å². The maximum Gasteiger partial charge on any atom is 0.268 e. The predicted molar refractivity (Wildman–Crippen MR) is 89.9 cm³/mol. The molecule has 11 heteroatoms. The maximum atomic E-state index is 12.1. The molecule has 130 valence electrons. The Hall–Kier alpha value is -2.97. The van der Waals surface area contributed by atoms with E-state index in [2.05, 4.69) is 15.5 Å². The number of hydrogen-bond donors (Lipinski definition) is 2. The van der Waals surface area contributed by atoms with Gasteiger partial charge >= 0.3 is 0 Å². The van der Waals surface area contributed by atoms with Crippen molar-refractivity contribution in [2.75, 3.05) is 18.7 Å². The zero-order chi connectivity index (χ0) is 18.6. The number of benzene rings is 1. The quantitative estimate of drug-likeness (QED) is 0.447. The fourth-order valence-electron chi connectivity index (χ4n) is 1.67. The van der Waals surface area contributed by atoms with Crippen LogP contribution < -0.4 is 10.1 Å². The lowest BCUT2D eigenvalue weighted by molar-refractivity contribution is -0.112. The first-order chi connectivity index (χ1) is 11.7. The average molecular weight is 380 g/mol. The van der Waals surface area contributed by atoms with Crippen molar-refractivity contribution in [3.63, 3.8) is 0 Å². The minimum absolute atomic E-state index is 0.0464.